The lowest BCUT2D eigenvalue weighted by atomic mass is 9.92. The van der Waals surface area contributed by atoms with E-state index in [9.17, 15) is 0 Å². The topological polar surface area (TPSA) is 47.1 Å². The fourth-order valence-electron chi connectivity index (χ4n) is 6.42. The van der Waals surface area contributed by atoms with Gasteiger partial charge in [0.2, 0.25) is 0 Å². The Balaban J connectivity index is 1.21. The van der Waals surface area contributed by atoms with Gasteiger partial charge in [0.25, 0.3) is 0 Å². The minimum Gasteiger partial charge on any atom is -0.370 e. The highest BCUT2D eigenvalue weighted by atomic mass is 16.6. The van der Waals surface area contributed by atoms with Gasteiger partial charge >= 0.3 is 0 Å². The first-order chi connectivity index (χ1) is 21.2. The molecular formula is C37H43N3O3. The van der Waals surface area contributed by atoms with Crippen molar-refractivity contribution in [2.75, 3.05) is 31.1 Å². The molecular weight excluding hydrogens is 534 g/mol. The van der Waals surface area contributed by atoms with Crippen molar-refractivity contribution in [3.05, 3.63) is 132 Å². The van der Waals surface area contributed by atoms with Crippen LogP contribution in [0, 0.1) is 5.92 Å². The van der Waals surface area contributed by atoms with Crippen LogP contribution in [0.15, 0.2) is 116 Å². The average Bonchev–Trinajstić information content (AvgIpc) is 3.54. The number of likely N-dealkylation sites (tertiary alicyclic amines) is 1. The van der Waals surface area contributed by atoms with Crippen molar-refractivity contribution >= 4 is 5.69 Å². The Kier molecular flexibility index (Phi) is 10.1. The van der Waals surface area contributed by atoms with E-state index in [0.717, 1.165) is 38.2 Å². The molecule has 6 heteroatoms. The number of pyridine rings is 1. The van der Waals surface area contributed by atoms with Gasteiger partial charge in [-0.3, -0.25) is 9.88 Å². The molecule has 1 aromatic heterocycles. The van der Waals surface area contributed by atoms with Crippen molar-refractivity contribution in [3.63, 3.8) is 0 Å². The lowest BCUT2D eigenvalue weighted by Crippen LogP contribution is -2.63. The fourth-order valence-corrected chi connectivity index (χ4v) is 6.42. The van der Waals surface area contributed by atoms with E-state index in [0.29, 0.717) is 25.7 Å². The summed E-state index contributed by atoms with van der Waals surface area (Å²) in [5.74, 6) is 0.564. The maximum Gasteiger partial charge on any atom is 0.113 e. The Morgan fingerprint density at radius 3 is 1.84 bits per heavy atom. The Morgan fingerprint density at radius 1 is 0.674 bits per heavy atom. The molecule has 0 radical (unpaired) electrons. The summed E-state index contributed by atoms with van der Waals surface area (Å²) < 4.78 is 20.2. The van der Waals surface area contributed by atoms with Gasteiger partial charge in [0.05, 0.1) is 37.8 Å². The third-order valence-electron chi connectivity index (χ3n) is 8.82. The third kappa shape index (κ3) is 7.89. The van der Waals surface area contributed by atoms with Crippen LogP contribution in [-0.2, 0) is 34.0 Å². The van der Waals surface area contributed by atoms with Crippen molar-refractivity contribution in [3.8, 4) is 0 Å². The highest BCUT2D eigenvalue weighted by Gasteiger charge is 2.45. The summed E-state index contributed by atoms with van der Waals surface area (Å²) in [6.45, 7) is 7.81. The maximum absolute atomic E-state index is 6.78. The Morgan fingerprint density at radius 2 is 1.26 bits per heavy atom. The zero-order valence-corrected chi connectivity index (χ0v) is 25.1. The van der Waals surface area contributed by atoms with Crippen molar-refractivity contribution in [2.45, 2.75) is 57.5 Å². The summed E-state index contributed by atoms with van der Waals surface area (Å²) in [5.41, 5.74) is 4.69. The monoisotopic (exact) mass is 577 g/mol. The second-order valence-corrected chi connectivity index (χ2v) is 11.9. The molecule has 0 spiro atoms. The summed E-state index contributed by atoms with van der Waals surface area (Å²) >= 11 is 0. The summed E-state index contributed by atoms with van der Waals surface area (Å²) in [4.78, 5) is 9.39. The minimum atomic E-state index is -0.200. The van der Waals surface area contributed by atoms with E-state index >= 15 is 0 Å². The molecule has 5 atom stereocenters. The first kappa shape index (κ1) is 29.5. The molecule has 6 nitrogen and oxygen atoms in total. The molecule has 4 aromatic rings. The van der Waals surface area contributed by atoms with Crippen molar-refractivity contribution in [1.82, 2.24) is 9.88 Å². The number of ether oxygens (including phenoxy) is 3. The van der Waals surface area contributed by atoms with Gasteiger partial charge in [-0.2, -0.15) is 0 Å². The number of rotatable bonds is 12. The van der Waals surface area contributed by atoms with Crippen LogP contribution >= 0.6 is 0 Å². The van der Waals surface area contributed by atoms with E-state index < -0.39 is 0 Å². The number of hydrogen-bond donors (Lipinski definition) is 0. The molecule has 2 aliphatic heterocycles. The molecule has 3 heterocycles. The molecule has 0 bridgehead atoms. The van der Waals surface area contributed by atoms with Crippen LogP contribution < -0.4 is 4.90 Å². The highest BCUT2D eigenvalue weighted by Crippen LogP contribution is 2.31. The first-order valence-electron chi connectivity index (χ1n) is 15.6. The molecule has 2 aliphatic rings. The second kappa shape index (κ2) is 14.8. The number of piperidine rings is 1. The van der Waals surface area contributed by atoms with Gasteiger partial charge < -0.3 is 19.1 Å². The molecule has 2 saturated heterocycles. The number of anilines is 1. The van der Waals surface area contributed by atoms with Crippen LogP contribution in [0.4, 0.5) is 5.69 Å². The van der Waals surface area contributed by atoms with Crippen LogP contribution in [0.5, 0.6) is 0 Å². The van der Waals surface area contributed by atoms with E-state index in [1.807, 2.05) is 36.7 Å². The van der Waals surface area contributed by atoms with Gasteiger partial charge in [0.15, 0.2) is 0 Å². The summed E-state index contributed by atoms with van der Waals surface area (Å²) in [5, 5.41) is 0. The summed E-state index contributed by atoms with van der Waals surface area (Å²) in [7, 11) is 0. The Hall–Kier alpha value is -3.55. The largest absolute Gasteiger partial charge is 0.370 e. The van der Waals surface area contributed by atoms with Gasteiger partial charge in [-0.05, 0) is 48.1 Å². The second-order valence-electron chi connectivity index (χ2n) is 11.9. The third-order valence-corrected chi connectivity index (χ3v) is 8.82. The summed E-state index contributed by atoms with van der Waals surface area (Å²) in [6, 6.07) is 35.6. The van der Waals surface area contributed by atoms with Crippen LogP contribution in [0.3, 0.4) is 0 Å². The van der Waals surface area contributed by atoms with Crippen molar-refractivity contribution in [1.29, 1.82) is 0 Å². The molecule has 0 N–H and O–H groups in total. The van der Waals surface area contributed by atoms with Crippen molar-refractivity contribution < 1.29 is 14.2 Å². The van der Waals surface area contributed by atoms with Gasteiger partial charge in [-0.25, -0.2) is 0 Å². The molecule has 1 unspecified atom stereocenters. The molecule has 3 aromatic carbocycles. The predicted molar refractivity (Wildman–Crippen MR) is 171 cm³/mol. The highest BCUT2D eigenvalue weighted by molar-refractivity contribution is 5.44. The van der Waals surface area contributed by atoms with Gasteiger partial charge in [-0.1, -0.05) is 91.0 Å². The standard InChI is InChI=1S/C37H43N3O3/c1-29-36(42-27-31-14-7-3-8-15-31)37(43-28-32-16-9-4-10-17-32)35(41-26-30-12-5-2-6-13-30)25-40(29)24-33-19-21-39(23-33)34-18-11-20-38-22-34/h2-18,20,22,29,33,35-37H,19,21,23-28H2,1H3/t29-,33?,35+,36-,37-/m1/s1. The first-order valence-corrected chi connectivity index (χ1v) is 15.6. The molecule has 224 valence electrons. The molecule has 0 saturated carbocycles. The number of benzene rings is 3. The smallest absolute Gasteiger partial charge is 0.113 e. The lowest BCUT2D eigenvalue weighted by molar-refractivity contribution is -0.201. The molecule has 0 aliphatic carbocycles. The van der Waals surface area contributed by atoms with Gasteiger partial charge in [0.1, 0.15) is 12.2 Å². The van der Waals surface area contributed by atoms with E-state index in [1.165, 1.54) is 16.8 Å². The van der Waals surface area contributed by atoms with Crippen LogP contribution in [-0.4, -0.2) is 60.4 Å². The van der Waals surface area contributed by atoms with Gasteiger partial charge in [-0.15, -0.1) is 0 Å². The zero-order valence-electron chi connectivity index (χ0n) is 25.1. The van der Waals surface area contributed by atoms with E-state index in [-0.39, 0.29) is 24.4 Å². The van der Waals surface area contributed by atoms with Crippen molar-refractivity contribution in [2.24, 2.45) is 5.92 Å². The molecule has 6 rings (SSSR count). The minimum absolute atomic E-state index is 0.128. The molecule has 0 amide bonds. The van der Waals surface area contributed by atoms with E-state index in [4.69, 9.17) is 14.2 Å². The SMILES string of the molecule is C[C@@H]1[C@@H](OCc2ccccc2)[C@H](OCc2ccccc2)[C@@H](OCc2ccccc2)CN1CC1CCN(c2cccnc2)C1. The van der Waals surface area contributed by atoms with Crippen LogP contribution in [0.2, 0.25) is 0 Å². The van der Waals surface area contributed by atoms with Crippen LogP contribution in [0.25, 0.3) is 0 Å². The lowest BCUT2D eigenvalue weighted by Gasteiger charge is -2.48. The summed E-state index contributed by atoms with van der Waals surface area (Å²) in [6.07, 6.45) is 4.51. The quantitative estimate of drug-likeness (QED) is 0.195. The zero-order chi connectivity index (χ0) is 29.3. The Bertz CT molecular complexity index is 1360. The normalized spacial score (nSPS) is 24.3. The van der Waals surface area contributed by atoms with Gasteiger partial charge in [0, 0.05) is 38.4 Å². The number of nitrogens with zero attached hydrogens (tertiary/aromatic N) is 3. The molecule has 2 fully saturated rings. The molecule has 43 heavy (non-hydrogen) atoms. The number of hydrogen-bond acceptors (Lipinski definition) is 6. The maximum atomic E-state index is 6.78. The predicted octanol–water partition coefficient (Wildman–Crippen LogP) is 6.37. The average molecular weight is 578 g/mol. The number of aromatic nitrogens is 1. The van der Waals surface area contributed by atoms with E-state index in [2.05, 4.69) is 101 Å². The fraction of sp³-hybridized carbons (Fsp3) is 0.378. The van der Waals surface area contributed by atoms with E-state index in [1.54, 1.807) is 0 Å². The Labute approximate surface area is 256 Å². The van der Waals surface area contributed by atoms with Crippen LogP contribution in [0.1, 0.15) is 30.0 Å².